The number of rotatable bonds is 3. The monoisotopic (exact) mass is 334 g/mol. The van der Waals surface area contributed by atoms with Crippen LogP contribution in [-0.2, 0) is 0 Å². The van der Waals surface area contributed by atoms with E-state index in [1.165, 1.54) is 6.42 Å². The summed E-state index contributed by atoms with van der Waals surface area (Å²) in [6, 6.07) is 13.9. The van der Waals surface area contributed by atoms with Crippen LogP contribution in [0.25, 0.3) is 11.5 Å². The molecule has 1 saturated heterocycles. The third-order valence-corrected chi connectivity index (χ3v) is 4.74. The van der Waals surface area contributed by atoms with Crippen LogP contribution in [0.15, 0.2) is 54.9 Å². The Morgan fingerprint density at radius 2 is 1.64 bits per heavy atom. The van der Waals surface area contributed by atoms with E-state index in [-0.39, 0.29) is 5.91 Å². The number of benzene rings is 1. The lowest BCUT2D eigenvalue weighted by atomic mass is 10.1. The van der Waals surface area contributed by atoms with E-state index in [0.717, 1.165) is 43.1 Å². The van der Waals surface area contributed by atoms with Crippen molar-refractivity contribution in [2.24, 2.45) is 0 Å². The molecule has 1 aromatic carbocycles. The molecule has 2 aromatic heterocycles. The molecule has 1 aliphatic heterocycles. The van der Waals surface area contributed by atoms with Gasteiger partial charge in [-0.05, 0) is 50.5 Å². The van der Waals surface area contributed by atoms with Gasteiger partial charge in [0.1, 0.15) is 5.56 Å². The Bertz CT molecular complexity index is 859. The number of carbonyl (C=O) groups excluding carboxylic acids is 1. The van der Waals surface area contributed by atoms with Gasteiger partial charge in [-0.3, -0.25) is 4.79 Å². The third-order valence-electron chi connectivity index (χ3n) is 4.74. The van der Waals surface area contributed by atoms with Crippen molar-refractivity contribution >= 4 is 5.91 Å². The van der Waals surface area contributed by atoms with Gasteiger partial charge in [-0.2, -0.15) is 5.10 Å². The zero-order valence-corrected chi connectivity index (χ0v) is 14.4. The average molecular weight is 334 g/mol. The van der Waals surface area contributed by atoms with Gasteiger partial charge in [0.25, 0.3) is 5.91 Å². The highest BCUT2D eigenvalue weighted by atomic mass is 16.2. The van der Waals surface area contributed by atoms with E-state index in [0.29, 0.717) is 5.56 Å². The second-order valence-electron chi connectivity index (χ2n) is 6.47. The summed E-state index contributed by atoms with van der Waals surface area (Å²) >= 11 is 0. The fraction of sp³-hybridized carbons (Fsp3) is 0.300. The number of carbonyl (C=O) groups is 1. The van der Waals surface area contributed by atoms with Crippen LogP contribution in [0.3, 0.4) is 0 Å². The molecule has 0 spiro atoms. The maximum Gasteiger partial charge on any atom is 0.259 e. The van der Waals surface area contributed by atoms with E-state index < -0.39 is 0 Å². The number of aryl methyl sites for hydroxylation is 1. The van der Waals surface area contributed by atoms with Gasteiger partial charge in [0, 0.05) is 25.5 Å². The number of hydrogen-bond acceptors (Lipinski definition) is 2. The van der Waals surface area contributed by atoms with E-state index >= 15 is 0 Å². The molecular formula is C20H22N4O. The molecule has 5 nitrogen and oxygen atoms in total. The topological polar surface area (TPSA) is 43.1 Å². The molecule has 0 saturated carbocycles. The maximum atomic E-state index is 13.2. The maximum absolute atomic E-state index is 13.2. The first-order valence-electron chi connectivity index (χ1n) is 8.83. The molecular weight excluding hydrogens is 312 g/mol. The SMILES string of the molecule is Cc1nn(-c2ccccc2)c(-n2cccc2)c1C(=O)N1CCCCC1. The second-order valence-corrected chi connectivity index (χ2v) is 6.47. The lowest BCUT2D eigenvalue weighted by Gasteiger charge is -2.27. The van der Waals surface area contributed by atoms with E-state index in [1.807, 2.05) is 75.9 Å². The highest BCUT2D eigenvalue weighted by molar-refractivity contribution is 5.98. The molecule has 0 N–H and O–H groups in total. The highest BCUT2D eigenvalue weighted by Crippen LogP contribution is 2.25. The molecule has 0 atom stereocenters. The van der Waals surface area contributed by atoms with Crippen LogP contribution in [0.5, 0.6) is 0 Å². The Kier molecular flexibility index (Phi) is 4.14. The van der Waals surface area contributed by atoms with Crippen LogP contribution >= 0.6 is 0 Å². The van der Waals surface area contributed by atoms with E-state index in [2.05, 4.69) is 0 Å². The van der Waals surface area contributed by atoms with Crippen LogP contribution < -0.4 is 0 Å². The van der Waals surface area contributed by atoms with Crippen molar-refractivity contribution in [1.29, 1.82) is 0 Å². The minimum absolute atomic E-state index is 0.0862. The fourth-order valence-corrected chi connectivity index (χ4v) is 3.48. The number of nitrogens with zero attached hydrogens (tertiary/aromatic N) is 4. The molecule has 1 fully saturated rings. The number of likely N-dealkylation sites (tertiary alicyclic amines) is 1. The molecule has 3 aromatic rings. The summed E-state index contributed by atoms with van der Waals surface area (Å²) in [6.07, 6.45) is 7.29. The van der Waals surface area contributed by atoms with Crippen molar-refractivity contribution in [3.63, 3.8) is 0 Å². The number of amides is 1. The summed E-state index contributed by atoms with van der Waals surface area (Å²) < 4.78 is 3.84. The predicted octanol–water partition coefficient (Wildman–Crippen LogP) is 3.60. The van der Waals surface area contributed by atoms with Gasteiger partial charge >= 0.3 is 0 Å². The minimum Gasteiger partial charge on any atom is -0.338 e. The first kappa shape index (κ1) is 15.7. The molecule has 0 unspecified atom stereocenters. The Hall–Kier alpha value is -2.82. The lowest BCUT2D eigenvalue weighted by Crippen LogP contribution is -2.36. The van der Waals surface area contributed by atoms with Crippen LogP contribution in [0.4, 0.5) is 0 Å². The number of aromatic nitrogens is 3. The van der Waals surface area contributed by atoms with Gasteiger partial charge < -0.3 is 9.47 Å². The van der Waals surface area contributed by atoms with Crippen molar-refractivity contribution in [2.45, 2.75) is 26.2 Å². The predicted molar refractivity (Wildman–Crippen MR) is 97.4 cm³/mol. The van der Waals surface area contributed by atoms with Crippen molar-refractivity contribution in [3.8, 4) is 11.5 Å². The zero-order chi connectivity index (χ0) is 17.2. The fourth-order valence-electron chi connectivity index (χ4n) is 3.48. The molecule has 3 heterocycles. The number of piperidine rings is 1. The summed E-state index contributed by atoms with van der Waals surface area (Å²) in [5.74, 6) is 0.896. The summed E-state index contributed by atoms with van der Waals surface area (Å²) in [4.78, 5) is 15.2. The van der Waals surface area contributed by atoms with E-state index in [4.69, 9.17) is 5.10 Å². The molecule has 4 rings (SSSR count). The quantitative estimate of drug-likeness (QED) is 0.734. The van der Waals surface area contributed by atoms with Gasteiger partial charge in [-0.1, -0.05) is 18.2 Å². The van der Waals surface area contributed by atoms with Crippen LogP contribution in [0.2, 0.25) is 0 Å². The Balaban J connectivity index is 1.86. The Morgan fingerprint density at radius 1 is 0.960 bits per heavy atom. The van der Waals surface area contributed by atoms with Crippen molar-refractivity contribution < 1.29 is 4.79 Å². The smallest absolute Gasteiger partial charge is 0.259 e. The molecule has 5 heteroatoms. The Labute approximate surface area is 147 Å². The summed E-state index contributed by atoms with van der Waals surface area (Å²) in [5.41, 5.74) is 2.41. The Morgan fingerprint density at radius 3 is 2.32 bits per heavy atom. The van der Waals surface area contributed by atoms with E-state index in [9.17, 15) is 4.79 Å². The molecule has 0 aliphatic carbocycles. The molecule has 128 valence electrons. The molecule has 1 amide bonds. The van der Waals surface area contributed by atoms with Gasteiger partial charge in [0.2, 0.25) is 0 Å². The van der Waals surface area contributed by atoms with Crippen LogP contribution in [0, 0.1) is 6.92 Å². The van der Waals surface area contributed by atoms with Gasteiger partial charge in [0.05, 0.1) is 11.4 Å². The number of hydrogen-bond donors (Lipinski definition) is 0. The molecule has 1 aliphatic rings. The van der Waals surface area contributed by atoms with Gasteiger partial charge in [-0.25, -0.2) is 4.68 Å². The molecule has 0 radical (unpaired) electrons. The first-order valence-corrected chi connectivity index (χ1v) is 8.83. The van der Waals surface area contributed by atoms with Crippen molar-refractivity contribution in [1.82, 2.24) is 19.2 Å². The molecule has 0 bridgehead atoms. The lowest BCUT2D eigenvalue weighted by molar-refractivity contribution is 0.0723. The second kappa shape index (κ2) is 6.59. The molecule has 25 heavy (non-hydrogen) atoms. The average Bonchev–Trinajstić information content (AvgIpc) is 3.30. The van der Waals surface area contributed by atoms with E-state index in [1.54, 1.807) is 0 Å². The van der Waals surface area contributed by atoms with Crippen molar-refractivity contribution in [3.05, 3.63) is 66.1 Å². The number of para-hydroxylation sites is 1. The summed E-state index contributed by atoms with van der Waals surface area (Å²) in [5, 5.41) is 4.70. The summed E-state index contributed by atoms with van der Waals surface area (Å²) in [7, 11) is 0. The van der Waals surface area contributed by atoms with Crippen LogP contribution in [0.1, 0.15) is 35.3 Å². The van der Waals surface area contributed by atoms with Gasteiger partial charge in [-0.15, -0.1) is 0 Å². The standard InChI is InChI=1S/C20H22N4O/c1-16-18(20(25)23-14-6-3-7-15-23)19(22-12-8-9-13-22)24(21-16)17-10-4-2-5-11-17/h2,4-5,8-13H,3,6-7,14-15H2,1H3. The normalized spacial score (nSPS) is 14.7. The van der Waals surface area contributed by atoms with Gasteiger partial charge in [0.15, 0.2) is 5.82 Å². The first-order chi connectivity index (χ1) is 12.3. The highest BCUT2D eigenvalue weighted by Gasteiger charge is 2.28. The zero-order valence-electron chi connectivity index (χ0n) is 14.4. The van der Waals surface area contributed by atoms with Crippen LogP contribution in [-0.4, -0.2) is 38.2 Å². The minimum atomic E-state index is 0.0862. The summed E-state index contributed by atoms with van der Waals surface area (Å²) in [6.45, 7) is 3.59. The third kappa shape index (κ3) is 2.86. The largest absolute Gasteiger partial charge is 0.338 e. The van der Waals surface area contributed by atoms with Crippen molar-refractivity contribution in [2.75, 3.05) is 13.1 Å².